The van der Waals surface area contributed by atoms with Crippen molar-refractivity contribution in [3.8, 4) is 11.5 Å². The molecule has 0 spiro atoms. The number of anilines is 1. The highest BCUT2D eigenvalue weighted by Gasteiger charge is 2.17. The zero-order valence-electron chi connectivity index (χ0n) is 12.1. The van der Waals surface area contributed by atoms with Crippen LogP contribution in [0.2, 0.25) is 0 Å². The predicted molar refractivity (Wildman–Crippen MR) is 78.1 cm³/mol. The van der Waals surface area contributed by atoms with Crippen molar-refractivity contribution in [1.82, 2.24) is 0 Å². The molecule has 1 N–H and O–H groups in total. The Morgan fingerprint density at radius 3 is 2.55 bits per heavy atom. The topological polar surface area (TPSA) is 47.6 Å². The molecule has 0 fully saturated rings. The van der Waals surface area contributed by atoms with Crippen LogP contribution >= 0.6 is 0 Å². The van der Waals surface area contributed by atoms with Gasteiger partial charge in [-0.2, -0.15) is 0 Å². The van der Waals surface area contributed by atoms with Gasteiger partial charge in [-0.3, -0.25) is 4.79 Å². The molecule has 0 aliphatic carbocycles. The lowest BCUT2D eigenvalue weighted by Crippen LogP contribution is -2.30. The minimum atomic E-state index is -0.864. The van der Waals surface area contributed by atoms with Gasteiger partial charge < -0.3 is 14.8 Å². The van der Waals surface area contributed by atoms with E-state index in [2.05, 4.69) is 5.32 Å². The molecule has 2 aromatic rings. The number of hydrogen-bond donors (Lipinski definition) is 1. The van der Waals surface area contributed by atoms with E-state index in [0.29, 0.717) is 5.69 Å². The number of ether oxygens (including phenoxy) is 2. The van der Waals surface area contributed by atoms with Gasteiger partial charge in [0.1, 0.15) is 23.1 Å². The van der Waals surface area contributed by atoms with Gasteiger partial charge in [0, 0.05) is 12.1 Å². The molecule has 6 heteroatoms. The van der Waals surface area contributed by atoms with Crippen molar-refractivity contribution in [2.75, 3.05) is 12.4 Å². The van der Waals surface area contributed by atoms with Crippen LogP contribution in [-0.4, -0.2) is 19.1 Å². The van der Waals surface area contributed by atoms with Crippen LogP contribution in [-0.2, 0) is 4.79 Å². The highest BCUT2D eigenvalue weighted by atomic mass is 19.1. The molecule has 0 aliphatic heterocycles. The Morgan fingerprint density at radius 1 is 1.14 bits per heavy atom. The molecule has 0 aliphatic rings. The van der Waals surface area contributed by atoms with Crippen molar-refractivity contribution in [2.45, 2.75) is 13.0 Å². The van der Waals surface area contributed by atoms with Gasteiger partial charge in [0.15, 0.2) is 6.10 Å². The van der Waals surface area contributed by atoms with E-state index in [9.17, 15) is 13.6 Å². The molecule has 2 aromatic carbocycles. The van der Waals surface area contributed by atoms with Gasteiger partial charge in [0.05, 0.1) is 12.8 Å². The molecule has 1 unspecified atom stereocenters. The summed E-state index contributed by atoms with van der Waals surface area (Å²) >= 11 is 0. The van der Waals surface area contributed by atoms with E-state index in [1.54, 1.807) is 6.07 Å². The predicted octanol–water partition coefficient (Wildman–Crippen LogP) is 3.38. The summed E-state index contributed by atoms with van der Waals surface area (Å²) < 4.78 is 36.5. The first-order valence-corrected chi connectivity index (χ1v) is 6.56. The van der Waals surface area contributed by atoms with Gasteiger partial charge in [-0.1, -0.05) is 6.07 Å². The zero-order valence-corrected chi connectivity index (χ0v) is 12.1. The lowest BCUT2D eigenvalue weighted by atomic mass is 10.2. The maximum Gasteiger partial charge on any atom is 0.265 e. The number of carbonyl (C=O) groups is 1. The fourth-order valence-electron chi connectivity index (χ4n) is 1.80. The molecule has 0 heterocycles. The summed E-state index contributed by atoms with van der Waals surface area (Å²) in [6, 6.07) is 9.25. The van der Waals surface area contributed by atoms with Crippen LogP contribution < -0.4 is 14.8 Å². The average molecular weight is 307 g/mol. The fraction of sp³-hybridized carbons (Fsp3) is 0.188. The van der Waals surface area contributed by atoms with Crippen LogP contribution in [0.3, 0.4) is 0 Å². The monoisotopic (exact) mass is 307 g/mol. The summed E-state index contributed by atoms with van der Waals surface area (Å²) in [7, 11) is 1.37. The largest absolute Gasteiger partial charge is 0.494 e. The summed E-state index contributed by atoms with van der Waals surface area (Å²) in [6.45, 7) is 1.52. The van der Waals surface area contributed by atoms with Crippen LogP contribution in [0.4, 0.5) is 14.5 Å². The highest BCUT2D eigenvalue weighted by Crippen LogP contribution is 2.25. The molecule has 22 heavy (non-hydrogen) atoms. The molecule has 4 nitrogen and oxygen atoms in total. The van der Waals surface area contributed by atoms with Gasteiger partial charge in [0.2, 0.25) is 0 Å². The third kappa shape index (κ3) is 3.94. The number of rotatable bonds is 5. The second-order valence-electron chi connectivity index (χ2n) is 4.55. The number of halogens is 2. The first-order chi connectivity index (χ1) is 10.5. The summed E-state index contributed by atoms with van der Waals surface area (Å²) in [6.07, 6.45) is -0.864. The quantitative estimate of drug-likeness (QED) is 0.921. The first-order valence-electron chi connectivity index (χ1n) is 6.56. The number of amides is 1. The van der Waals surface area contributed by atoms with Crippen LogP contribution in [0.1, 0.15) is 6.92 Å². The molecule has 116 valence electrons. The number of methoxy groups -OCH3 is 1. The maximum atomic E-state index is 13.1. The van der Waals surface area contributed by atoms with Crippen LogP contribution in [0.5, 0.6) is 11.5 Å². The lowest BCUT2D eigenvalue weighted by Gasteiger charge is -2.16. The number of carbonyl (C=O) groups excluding carboxylic acids is 1. The number of nitrogens with one attached hydrogen (secondary N) is 1. The van der Waals surface area contributed by atoms with Gasteiger partial charge in [-0.15, -0.1) is 0 Å². The van der Waals surface area contributed by atoms with Gasteiger partial charge in [0.25, 0.3) is 5.91 Å². The Bertz CT molecular complexity index is 676. The molecule has 1 amide bonds. The van der Waals surface area contributed by atoms with Gasteiger partial charge in [-0.05, 0) is 31.2 Å². The van der Waals surface area contributed by atoms with E-state index in [1.807, 2.05) is 0 Å². The molecular weight excluding hydrogens is 292 g/mol. The van der Waals surface area contributed by atoms with E-state index >= 15 is 0 Å². The van der Waals surface area contributed by atoms with Crippen molar-refractivity contribution in [2.24, 2.45) is 0 Å². The van der Waals surface area contributed by atoms with Crippen molar-refractivity contribution >= 4 is 11.6 Å². The molecule has 0 saturated heterocycles. The summed E-state index contributed by atoms with van der Waals surface area (Å²) in [5, 5.41) is 2.57. The molecule has 0 radical (unpaired) electrons. The standard InChI is InChI=1S/C16H15F2NO3/c1-10(22-13-5-3-4-11(17)8-13)16(20)19-14-7-6-12(18)9-15(14)21-2/h3-10H,1-2H3,(H,19,20). The van der Waals surface area contributed by atoms with Crippen molar-refractivity contribution in [1.29, 1.82) is 0 Å². The number of hydrogen-bond acceptors (Lipinski definition) is 3. The molecule has 1 atom stereocenters. The Morgan fingerprint density at radius 2 is 1.86 bits per heavy atom. The second-order valence-corrected chi connectivity index (χ2v) is 4.55. The van der Waals surface area contributed by atoms with E-state index < -0.39 is 23.6 Å². The summed E-state index contributed by atoms with van der Waals surface area (Å²) in [4.78, 5) is 12.1. The Kier molecular flexibility index (Phi) is 4.93. The van der Waals surface area contributed by atoms with Crippen molar-refractivity contribution < 1.29 is 23.0 Å². The van der Waals surface area contributed by atoms with Crippen LogP contribution in [0.15, 0.2) is 42.5 Å². The average Bonchev–Trinajstić information content (AvgIpc) is 2.48. The second kappa shape index (κ2) is 6.89. The normalized spacial score (nSPS) is 11.6. The molecule has 2 rings (SSSR count). The minimum Gasteiger partial charge on any atom is -0.494 e. The van der Waals surface area contributed by atoms with Crippen molar-refractivity contribution in [3.63, 3.8) is 0 Å². The lowest BCUT2D eigenvalue weighted by molar-refractivity contribution is -0.122. The fourth-order valence-corrected chi connectivity index (χ4v) is 1.80. The zero-order chi connectivity index (χ0) is 16.1. The highest BCUT2D eigenvalue weighted by molar-refractivity contribution is 5.95. The van der Waals surface area contributed by atoms with Gasteiger partial charge in [-0.25, -0.2) is 8.78 Å². The van der Waals surface area contributed by atoms with E-state index in [0.717, 1.165) is 6.07 Å². The van der Waals surface area contributed by atoms with Gasteiger partial charge >= 0.3 is 0 Å². The SMILES string of the molecule is COc1cc(F)ccc1NC(=O)C(C)Oc1cccc(F)c1. The number of benzene rings is 2. The smallest absolute Gasteiger partial charge is 0.265 e. The summed E-state index contributed by atoms with van der Waals surface area (Å²) in [5.74, 6) is -0.946. The Labute approximate surface area is 126 Å². The third-order valence-electron chi connectivity index (χ3n) is 2.90. The molecule has 0 aromatic heterocycles. The van der Waals surface area contributed by atoms with E-state index in [4.69, 9.17) is 9.47 Å². The molecular formula is C16H15F2NO3. The summed E-state index contributed by atoms with van der Waals surface area (Å²) in [5.41, 5.74) is 0.323. The molecule has 0 bridgehead atoms. The van der Waals surface area contributed by atoms with E-state index in [-0.39, 0.29) is 11.5 Å². The first kappa shape index (κ1) is 15.8. The molecule has 0 saturated carbocycles. The van der Waals surface area contributed by atoms with Crippen LogP contribution in [0, 0.1) is 11.6 Å². The third-order valence-corrected chi connectivity index (χ3v) is 2.90. The maximum absolute atomic E-state index is 13.1. The minimum absolute atomic E-state index is 0.200. The van der Waals surface area contributed by atoms with Crippen molar-refractivity contribution in [3.05, 3.63) is 54.1 Å². The Hall–Kier alpha value is -2.63. The Balaban J connectivity index is 2.05. The van der Waals surface area contributed by atoms with Crippen LogP contribution in [0.25, 0.3) is 0 Å². The van der Waals surface area contributed by atoms with E-state index in [1.165, 1.54) is 44.4 Å².